The Kier molecular flexibility index (Phi) is 5.13. The molecule has 0 saturated heterocycles. The van der Waals surface area contributed by atoms with E-state index in [9.17, 15) is 4.39 Å². The molecule has 0 spiro atoms. The number of nitrogens with one attached hydrogen (secondary N) is 1. The molecule has 3 heteroatoms. The van der Waals surface area contributed by atoms with Crippen LogP contribution < -0.4 is 10.1 Å². The third-order valence-corrected chi connectivity index (χ3v) is 3.25. The molecule has 1 unspecified atom stereocenters. The lowest BCUT2D eigenvalue weighted by Gasteiger charge is -2.11. The van der Waals surface area contributed by atoms with Crippen molar-refractivity contribution in [3.63, 3.8) is 0 Å². The maximum absolute atomic E-state index is 13.0. The first-order valence-corrected chi connectivity index (χ1v) is 6.81. The number of rotatable bonds is 6. The highest BCUT2D eigenvalue weighted by molar-refractivity contribution is 5.28. The molecule has 2 nitrogen and oxygen atoms in total. The van der Waals surface area contributed by atoms with E-state index in [1.807, 2.05) is 25.2 Å². The normalized spacial score (nSPS) is 12.2. The lowest BCUT2D eigenvalue weighted by atomic mass is 10.1. The van der Waals surface area contributed by atoms with Crippen LogP contribution >= 0.6 is 0 Å². The molecule has 0 saturated carbocycles. The summed E-state index contributed by atoms with van der Waals surface area (Å²) in [6, 6.07) is 15.0. The van der Waals surface area contributed by atoms with Crippen LogP contribution in [-0.2, 0) is 13.0 Å². The van der Waals surface area contributed by atoms with Crippen LogP contribution in [0.4, 0.5) is 4.39 Å². The van der Waals surface area contributed by atoms with E-state index in [4.69, 9.17) is 4.74 Å². The van der Waals surface area contributed by atoms with Crippen molar-refractivity contribution in [3.05, 3.63) is 65.5 Å². The summed E-state index contributed by atoms with van der Waals surface area (Å²) in [6.45, 7) is 2.53. The minimum atomic E-state index is -0.234. The van der Waals surface area contributed by atoms with E-state index in [1.165, 1.54) is 17.7 Å². The molecule has 0 fully saturated rings. The van der Waals surface area contributed by atoms with Crippen LogP contribution in [0.15, 0.2) is 48.5 Å². The molecule has 0 bridgehead atoms. The van der Waals surface area contributed by atoms with Crippen molar-refractivity contribution in [1.82, 2.24) is 5.32 Å². The topological polar surface area (TPSA) is 21.3 Å². The fourth-order valence-electron chi connectivity index (χ4n) is 1.97. The summed E-state index contributed by atoms with van der Waals surface area (Å²) >= 11 is 0. The molecule has 106 valence electrons. The fraction of sp³-hybridized carbons (Fsp3) is 0.294. The zero-order valence-corrected chi connectivity index (χ0v) is 11.9. The first-order valence-electron chi connectivity index (χ1n) is 6.81. The third-order valence-electron chi connectivity index (χ3n) is 3.25. The van der Waals surface area contributed by atoms with E-state index < -0.39 is 0 Å². The van der Waals surface area contributed by atoms with Gasteiger partial charge >= 0.3 is 0 Å². The van der Waals surface area contributed by atoms with Crippen molar-refractivity contribution in [2.45, 2.75) is 26.0 Å². The molecular formula is C17H20FNO. The van der Waals surface area contributed by atoms with Gasteiger partial charge in [-0.3, -0.25) is 0 Å². The molecule has 0 radical (unpaired) electrons. The largest absolute Gasteiger partial charge is 0.489 e. The van der Waals surface area contributed by atoms with E-state index >= 15 is 0 Å². The average Bonchev–Trinajstić information content (AvgIpc) is 2.46. The van der Waals surface area contributed by atoms with E-state index in [2.05, 4.69) is 24.4 Å². The maximum atomic E-state index is 13.0. The van der Waals surface area contributed by atoms with Gasteiger partial charge in [-0.05, 0) is 55.8 Å². The van der Waals surface area contributed by atoms with Crippen molar-refractivity contribution >= 4 is 0 Å². The Morgan fingerprint density at radius 2 is 1.85 bits per heavy atom. The molecule has 0 aliphatic rings. The predicted octanol–water partition coefficient (Wildman–Crippen LogP) is 3.56. The molecule has 0 aliphatic heterocycles. The maximum Gasteiger partial charge on any atom is 0.123 e. The molecule has 1 N–H and O–H groups in total. The Labute approximate surface area is 119 Å². The summed E-state index contributed by atoms with van der Waals surface area (Å²) in [7, 11) is 1.96. The Hall–Kier alpha value is -1.87. The quantitative estimate of drug-likeness (QED) is 0.869. The summed E-state index contributed by atoms with van der Waals surface area (Å²) in [4.78, 5) is 0. The molecule has 20 heavy (non-hydrogen) atoms. The molecule has 2 rings (SSSR count). The zero-order valence-electron chi connectivity index (χ0n) is 11.9. The highest BCUT2D eigenvalue weighted by Gasteiger charge is 2.02. The zero-order chi connectivity index (χ0) is 14.4. The number of hydrogen-bond acceptors (Lipinski definition) is 2. The van der Waals surface area contributed by atoms with E-state index in [0.717, 1.165) is 17.7 Å². The first-order chi connectivity index (χ1) is 9.67. The smallest absolute Gasteiger partial charge is 0.123 e. The summed E-state index contributed by atoms with van der Waals surface area (Å²) < 4.78 is 18.7. The van der Waals surface area contributed by atoms with Crippen molar-refractivity contribution in [2.75, 3.05) is 7.05 Å². The third kappa shape index (κ3) is 4.35. The van der Waals surface area contributed by atoms with Gasteiger partial charge in [-0.25, -0.2) is 4.39 Å². The lowest BCUT2D eigenvalue weighted by Crippen LogP contribution is -2.23. The Morgan fingerprint density at radius 1 is 1.10 bits per heavy atom. The van der Waals surface area contributed by atoms with E-state index in [0.29, 0.717) is 12.6 Å². The molecule has 0 aromatic heterocycles. The highest BCUT2D eigenvalue weighted by Crippen LogP contribution is 2.15. The molecule has 0 aliphatic carbocycles. The molecule has 1 atom stereocenters. The van der Waals surface area contributed by atoms with Crippen LogP contribution in [-0.4, -0.2) is 13.1 Å². The van der Waals surface area contributed by atoms with Crippen LogP contribution in [0.1, 0.15) is 18.1 Å². The molecule has 2 aromatic rings. The minimum absolute atomic E-state index is 0.234. The van der Waals surface area contributed by atoms with Gasteiger partial charge in [0.25, 0.3) is 0 Å². The lowest BCUT2D eigenvalue weighted by molar-refractivity contribution is 0.305. The van der Waals surface area contributed by atoms with Crippen molar-refractivity contribution < 1.29 is 9.13 Å². The Balaban J connectivity index is 1.90. The van der Waals surface area contributed by atoms with E-state index in [1.54, 1.807) is 6.07 Å². The van der Waals surface area contributed by atoms with Gasteiger partial charge < -0.3 is 10.1 Å². The summed E-state index contributed by atoms with van der Waals surface area (Å²) in [5, 5.41) is 3.21. The van der Waals surface area contributed by atoms with Gasteiger partial charge in [0, 0.05) is 6.04 Å². The van der Waals surface area contributed by atoms with Gasteiger partial charge in [0.2, 0.25) is 0 Å². The highest BCUT2D eigenvalue weighted by atomic mass is 19.1. The summed E-state index contributed by atoms with van der Waals surface area (Å²) in [5.41, 5.74) is 2.10. The van der Waals surface area contributed by atoms with Crippen molar-refractivity contribution in [3.8, 4) is 5.75 Å². The minimum Gasteiger partial charge on any atom is -0.489 e. The van der Waals surface area contributed by atoms with E-state index in [-0.39, 0.29) is 5.82 Å². The molecule has 0 amide bonds. The van der Waals surface area contributed by atoms with Gasteiger partial charge in [-0.1, -0.05) is 24.3 Å². The van der Waals surface area contributed by atoms with Crippen LogP contribution in [0.5, 0.6) is 5.75 Å². The predicted molar refractivity (Wildman–Crippen MR) is 79.4 cm³/mol. The van der Waals surface area contributed by atoms with Crippen molar-refractivity contribution in [1.29, 1.82) is 0 Å². The van der Waals surface area contributed by atoms with Gasteiger partial charge in [0.1, 0.15) is 18.2 Å². The average molecular weight is 273 g/mol. The Bertz CT molecular complexity index is 539. The van der Waals surface area contributed by atoms with Gasteiger partial charge in [0.15, 0.2) is 0 Å². The molecule has 0 heterocycles. The standard InChI is InChI=1S/C17H20FNO/c1-13(19-2)10-14-6-8-17(9-7-14)20-12-15-4-3-5-16(18)11-15/h3-9,11,13,19H,10,12H2,1-2H3. The molecular weight excluding hydrogens is 253 g/mol. The number of ether oxygens (including phenoxy) is 1. The van der Waals surface area contributed by atoms with Crippen molar-refractivity contribution in [2.24, 2.45) is 0 Å². The number of hydrogen-bond donors (Lipinski definition) is 1. The van der Waals surface area contributed by atoms with Gasteiger partial charge in [0.05, 0.1) is 0 Å². The van der Waals surface area contributed by atoms with Crippen LogP contribution in [0.3, 0.4) is 0 Å². The monoisotopic (exact) mass is 273 g/mol. The second-order valence-corrected chi connectivity index (χ2v) is 4.96. The number of halogens is 1. The fourth-order valence-corrected chi connectivity index (χ4v) is 1.97. The SMILES string of the molecule is CNC(C)Cc1ccc(OCc2cccc(F)c2)cc1. The number of likely N-dealkylation sites (N-methyl/N-ethyl adjacent to an activating group) is 1. The second-order valence-electron chi connectivity index (χ2n) is 4.96. The number of benzene rings is 2. The Morgan fingerprint density at radius 3 is 2.50 bits per heavy atom. The molecule has 2 aromatic carbocycles. The van der Waals surface area contributed by atoms with Crippen LogP contribution in [0, 0.1) is 5.82 Å². The summed E-state index contributed by atoms with van der Waals surface area (Å²) in [5.74, 6) is 0.567. The van der Waals surface area contributed by atoms with Gasteiger partial charge in [-0.15, -0.1) is 0 Å². The first kappa shape index (κ1) is 14.5. The second kappa shape index (κ2) is 7.06. The summed E-state index contributed by atoms with van der Waals surface area (Å²) in [6.07, 6.45) is 0.987. The van der Waals surface area contributed by atoms with Gasteiger partial charge in [-0.2, -0.15) is 0 Å². The van der Waals surface area contributed by atoms with Crippen LogP contribution in [0.2, 0.25) is 0 Å². The van der Waals surface area contributed by atoms with Crippen LogP contribution in [0.25, 0.3) is 0 Å².